The summed E-state index contributed by atoms with van der Waals surface area (Å²) in [6.07, 6.45) is 12.9. The first-order valence-electron chi connectivity index (χ1n) is 4.70. The van der Waals surface area contributed by atoms with Crippen LogP contribution in [0.2, 0.25) is 0 Å². The van der Waals surface area contributed by atoms with Crippen LogP contribution in [0, 0.1) is 5.92 Å². The third-order valence-electron chi connectivity index (χ3n) is 2.85. The Bertz CT molecular complexity index is 204. The second kappa shape index (κ2) is 3.31. The molecule has 12 heavy (non-hydrogen) atoms. The maximum Gasteiger partial charge on any atom is 0.0767 e. The monoisotopic (exact) mass is 165 g/mol. The zero-order valence-corrected chi connectivity index (χ0v) is 7.19. The van der Waals surface area contributed by atoms with Crippen LogP contribution < -0.4 is 0 Å². The first kappa shape index (κ1) is 7.87. The van der Waals surface area contributed by atoms with Crippen LogP contribution in [0.5, 0.6) is 0 Å². The van der Waals surface area contributed by atoms with Crippen molar-refractivity contribution in [2.24, 2.45) is 5.92 Å². The molecule has 2 rings (SSSR count). The molecule has 0 bridgehead atoms. The first-order valence-corrected chi connectivity index (χ1v) is 4.70. The van der Waals surface area contributed by atoms with Gasteiger partial charge < -0.3 is 0 Å². The van der Waals surface area contributed by atoms with Gasteiger partial charge in [-0.25, -0.2) is 0 Å². The van der Waals surface area contributed by atoms with Crippen molar-refractivity contribution in [3.8, 4) is 0 Å². The average molecular weight is 165 g/mol. The summed E-state index contributed by atoms with van der Waals surface area (Å²) in [7, 11) is 0. The average Bonchev–Trinajstić information content (AvgIpc) is 2.57. The molecule has 0 aromatic rings. The summed E-state index contributed by atoms with van der Waals surface area (Å²) in [5, 5.41) is 10.9. The molecule has 1 unspecified atom stereocenters. The molecule has 1 N–H and O–H groups in total. The lowest BCUT2D eigenvalue weighted by Gasteiger charge is -2.28. The Hall–Kier alpha value is -0.760. The van der Waals surface area contributed by atoms with E-state index in [-0.39, 0.29) is 6.04 Å². The van der Waals surface area contributed by atoms with E-state index in [9.17, 15) is 5.21 Å². The summed E-state index contributed by atoms with van der Waals surface area (Å²) in [5.74, 6) is 0.663. The van der Waals surface area contributed by atoms with Crippen LogP contribution in [0.25, 0.3) is 0 Å². The molecule has 0 radical (unpaired) electrons. The van der Waals surface area contributed by atoms with Gasteiger partial charge in [-0.2, -0.15) is 0 Å². The molecule has 0 amide bonds. The van der Waals surface area contributed by atoms with Gasteiger partial charge in [0.15, 0.2) is 0 Å². The molecule has 1 aliphatic carbocycles. The van der Waals surface area contributed by atoms with Crippen molar-refractivity contribution in [2.75, 3.05) is 0 Å². The first-order chi connectivity index (χ1) is 5.88. The second-order valence-corrected chi connectivity index (χ2v) is 3.64. The summed E-state index contributed by atoms with van der Waals surface area (Å²) in [6.45, 7) is 0. The molecule has 2 heteroatoms. The molecule has 2 nitrogen and oxygen atoms in total. The smallest absolute Gasteiger partial charge is 0.0767 e. The van der Waals surface area contributed by atoms with E-state index in [0.29, 0.717) is 5.92 Å². The number of hydrogen-bond acceptors (Lipinski definition) is 2. The van der Waals surface area contributed by atoms with Crippen LogP contribution in [0.4, 0.5) is 0 Å². The fourth-order valence-corrected chi connectivity index (χ4v) is 2.18. The number of rotatable bonds is 1. The van der Waals surface area contributed by atoms with Crippen LogP contribution in [-0.4, -0.2) is 16.3 Å². The number of allylic oxidation sites excluding steroid dienone is 2. The summed E-state index contributed by atoms with van der Waals surface area (Å²) in [4.78, 5) is 0. The Morgan fingerprint density at radius 1 is 1.17 bits per heavy atom. The maximum atomic E-state index is 9.52. The molecule has 1 atom stereocenters. The van der Waals surface area contributed by atoms with Crippen molar-refractivity contribution in [3.05, 3.63) is 24.4 Å². The van der Waals surface area contributed by atoms with Crippen LogP contribution >= 0.6 is 0 Å². The van der Waals surface area contributed by atoms with Crippen LogP contribution in [0.3, 0.4) is 0 Å². The SMILES string of the molecule is ON1C=CC=CC1C1CCCC1. The predicted octanol–water partition coefficient (Wildman–Crippen LogP) is 2.32. The van der Waals surface area contributed by atoms with E-state index in [0.717, 1.165) is 0 Å². The molecule has 1 aliphatic heterocycles. The zero-order chi connectivity index (χ0) is 8.39. The van der Waals surface area contributed by atoms with Crippen molar-refractivity contribution >= 4 is 0 Å². The van der Waals surface area contributed by atoms with Crippen molar-refractivity contribution in [1.82, 2.24) is 5.06 Å². The van der Waals surface area contributed by atoms with Gasteiger partial charge in [-0.05, 0) is 24.8 Å². The highest BCUT2D eigenvalue weighted by molar-refractivity contribution is 5.13. The Morgan fingerprint density at radius 3 is 2.58 bits per heavy atom. The molecular formula is C10H15NO. The van der Waals surface area contributed by atoms with E-state index in [2.05, 4.69) is 6.08 Å². The van der Waals surface area contributed by atoms with E-state index in [1.165, 1.54) is 30.7 Å². The van der Waals surface area contributed by atoms with Crippen molar-refractivity contribution in [2.45, 2.75) is 31.7 Å². The van der Waals surface area contributed by atoms with E-state index < -0.39 is 0 Å². The molecule has 0 saturated heterocycles. The fourth-order valence-electron chi connectivity index (χ4n) is 2.18. The van der Waals surface area contributed by atoms with Gasteiger partial charge in [0.25, 0.3) is 0 Å². The lowest BCUT2D eigenvalue weighted by molar-refractivity contribution is -0.0809. The third kappa shape index (κ3) is 1.39. The largest absolute Gasteiger partial charge is 0.288 e. The van der Waals surface area contributed by atoms with Gasteiger partial charge in [0, 0.05) is 6.20 Å². The van der Waals surface area contributed by atoms with Gasteiger partial charge in [-0.15, -0.1) is 0 Å². The number of hydroxylamine groups is 2. The maximum absolute atomic E-state index is 9.52. The molecule has 66 valence electrons. The minimum absolute atomic E-state index is 0.234. The number of nitrogens with zero attached hydrogens (tertiary/aromatic N) is 1. The Kier molecular flexibility index (Phi) is 2.17. The molecule has 1 fully saturated rings. The fraction of sp³-hybridized carbons (Fsp3) is 0.600. The second-order valence-electron chi connectivity index (χ2n) is 3.64. The zero-order valence-electron chi connectivity index (χ0n) is 7.19. The molecule has 1 saturated carbocycles. The molecule has 2 aliphatic rings. The van der Waals surface area contributed by atoms with Gasteiger partial charge in [0.05, 0.1) is 6.04 Å². The summed E-state index contributed by atoms with van der Waals surface area (Å²) in [5.41, 5.74) is 0. The van der Waals surface area contributed by atoms with Crippen LogP contribution in [0.15, 0.2) is 24.4 Å². The lowest BCUT2D eigenvalue weighted by Crippen LogP contribution is -2.33. The van der Waals surface area contributed by atoms with E-state index in [1.54, 1.807) is 6.20 Å². The van der Waals surface area contributed by atoms with Gasteiger partial charge in [0.1, 0.15) is 0 Å². The number of hydrogen-bond donors (Lipinski definition) is 1. The summed E-state index contributed by atoms with van der Waals surface area (Å²) >= 11 is 0. The Morgan fingerprint density at radius 2 is 1.92 bits per heavy atom. The lowest BCUT2D eigenvalue weighted by atomic mass is 9.96. The predicted molar refractivity (Wildman–Crippen MR) is 47.7 cm³/mol. The standard InChI is InChI=1S/C10H15NO/c12-11-8-4-3-7-10(11)9-5-1-2-6-9/h3-4,7-10,12H,1-2,5-6H2. The Balaban J connectivity index is 2.02. The van der Waals surface area contributed by atoms with Gasteiger partial charge in [-0.1, -0.05) is 25.0 Å². The Labute approximate surface area is 73.1 Å². The van der Waals surface area contributed by atoms with Crippen LogP contribution in [-0.2, 0) is 0 Å². The summed E-state index contributed by atoms with van der Waals surface area (Å²) in [6, 6.07) is 0.234. The highest BCUT2D eigenvalue weighted by Gasteiger charge is 2.26. The van der Waals surface area contributed by atoms with Crippen molar-refractivity contribution < 1.29 is 5.21 Å². The highest BCUT2D eigenvalue weighted by Crippen LogP contribution is 2.31. The molecule has 1 heterocycles. The van der Waals surface area contributed by atoms with Crippen molar-refractivity contribution in [1.29, 1.82) is 0 Å². The van der Waals surface area contributed by atoms with Gasteiger partial charge in [0.2, 0.25) is 0 Å². The summed E-state index contributed by atoms with van der Waals surface area (Å²) < 4.78 is 0. The van der Waals surface area contributed by atoms with E-state index >= 15 is 0 Å². The van der Waals surface area contributed by atoms with E-state index in [1.807, 2.05) is 12.2 Å². The topological polar surface area (TPSA) is 23.5 Å². The quantitative estimate of drug-likeness (QED) is 0.644. The molecule has 0 aromatic carbocycles. The molecular weight excluding hydrogens is 150 g/mol. The van der Waals surface area contributed by atoms with Crippen molar-refractivity contribution in [3.63, 3.8) is 0 Å². The van der Waals surface area contributed by atoms with E-state index in [4.69, 9.17) is 0 Å². The van der Waals surface area contributed by atoms with Crippen LogP contribution in [0.1, 0.15) is 25.7 Å². The van der Waals surface area contributed by atoms with Gasteiger partial charge >= 0.3 is 0 Å². The molecule has 0 aromatic heterocycles. The normalized spacial score (nSPS) is 30.1. The minimum Gasteiger partial charge on any atom is -0.288 e. The highest BCUT2D eigenvalue weighted by atomic mass is 16.5. The van der Waals surface area contributed by atoms with Gasteiger partial charge in [-0.3, -0.25) is 10.3 Å². The minimum atomic E-state index is 0.234. The molecule has 0 spiro atoms. The third-order valence-corrected chi connectivity index (χ3v) is 2.85.